The number of benzene rings is 2. The van der Waals surface area contributed by atoms with Crippen LogP contribution in [0, 0.1) is 0 Å². The summed E-state index contributed by atoms with van der Waals surface area (Å²) in [6.45, 7) is 2.41. The van der Waals surface area contributed by atoms with Gasteiger partial charge in [-0.3, -0.25) is 14.5 Å². The normalized spacial score (nSPS) is 17.7. The second kappa shape index (κ2) is 8.68. The molecule has 1 atom stereocenters. The number of ether oxygens (including phenoxy) is 1. The molecule has 31 heavy (non-hydrogen) atoms. The van der Waals surface area contributed by atoms with Gasteiger partial charge in [0, 0.05) is 13.1 Å². The molecule has 2 amide bonds. The molecule has 0 bridgehead atoms. The van der Waals surface area contributed by atoms with Crippen LogP contribution in [0.4, 0.5) is 5.69 Å². The third kappa shape index (κ3) is 4.42. The van der Waals surface area contributed by atoms with Crippen LogP contribution in [-0.4, -0.2) is 50.8 Å². The van der Waals surface area contributed by atoms with Crippen molar-refractivity contribution < 1.29 is 22.7 Å². The van der Waals surface area contributed by atoms with Gasteiger partial charge in [0.05, 0.1) is 16.6 Å². The first kappa shape index (κ1) is 21.3. The molecule has 0 aliphatic carbocycles. The Kier molecular flexibility index (Phi) is 5.97. The van der Waals surface area contributed by atoms with Gasteiger partial charge in [0.25, 0.3) is 5.91 Å². The van der Waals surface area contributed by atoms with E-state index in [-0.39, 0.29) is 30.0 Å². The number of nitrogens with one attached hydrogen (secondary N) is 1. The van der Waals surface area contributed by atoms with Crippen molar-refractivity contribution in [3.8, 4) is 5.75 Å². The van der Waals surface area contributed by atoms with E-state index < -0.39 is 15.9 Å². The number of carbonyl (C=O) groups is 2. The number of fused-ring (bicyclic) bond motifs is 1. The van der Waals surface area contributed by atoms with E-state index >= 15 is 0 Å². The molecule has 0 unspecified atom stereocenters. The van der Waals surface area contributed by atoms with Gasteiger partial charge in [0.2, 0.25) is 15.9 Å². The molecule has 1 fully saturated rings. The molecular formula is C22H25N3O5S. The van der Waals surface area contributed by atoms with Gasteiger partial charge in [-0.15, -0.1) is 0 Å². The Labute approximate surface area is 181 Å². The quantitative estimate of drug-likeness (QED) is 0.737. The maximum absolute atomic E-state index is 12.9. The maximum atomic E-state index is 12.9. The highest BCUT2D eigenvalue weighted by Crippen LogP contribution is 2.35. The molecule has 0 saturated carbocycles. The van der Waals surface area contributed by atoms with E-state index in [2.05, 4.69) is 5.32 Å². The Morgan fingerprint density at radius 3 is 2.55 bits per heavy atom. The highest BCUT2D eigenvalue weighted by molar-refractivity contribution is 7.89. The molecule has 4 rings (SSSR count). The first-order valence-corrected chi connectivity index (χ1v) is 11.7. The minimum absolute atomic E-state index is 0.0921. The summed E-state index contributed by atoms with van der Waals surface area (Å²) in [7, 11) is -3.66. The molecule has 2 aliphatic rings. The second-order valence-corrected chi connectivity index (χ2v) is 9.65. The van der Waals surface area contributed by atoms with Crippen molar-refractivity contribution in [2.45, 2.75) is 30.7 Å². The lowest BCUT2D eigenvalue weighted by Gasteiger charge is -2.30. The van der Waals surface area contributed by atoms with Crippen molar-refractivity contribution in [3.63, 3.8) is 0 Å². The summed E-state index contributed by atoms with van der Waals surface area (Å²) in [6, 6.07) is 13.7. The zero-order chi connectivity index (χ0) is 22.0. The maximum Gasteiger partial charge on any atom is 0.265 e. The Bertz CT molecular complexity index is 1080. The summed E-state index contributed by atoms with van der Waals surface area (Å²) in [4.78, 5) is 26.6. The zero-order valence-electron chi connectivity index (χ0n) is 17.3. The van der Waals surface area contributed by atoms with Crippen LogP contribution in [0.15, 0.2) is 53.4 Å². The Balaban J connectivity index is 1.55. The summed E-state index contributed by atoms with van der Waals surface area (Å²) >= 11 is 0. The molecule has 2 aliphatic heterocycles. The number of sulfonamides is 1. The minimum Gasteiger partial charge on any atom is -0.482 e. The van der Waals surface area contributed by atoms with Crippen LogP contribution in [0.2, 0.25) is 0 Å². The van der Waals surface area contributed by atoms with Gasteiger partial charge in [0.15, 0.2) is 6.61 Å². The third-order valence-electron chi connectivity index (χ3n) is 5.55. The van der Waals surface area contributed by atoms with Gasteiger partial charge in [-0.1, -0.05) is 30.3 Å². The molecule has 0 radical (unpaired) electrons. The van der Waals surface area contributed by atoms with Crippen LogP contribution in [0.5, 0.6) is 5.75 Å². The zero-order valence-corrected chi connectivity index (χ0v) is 18.1. The Hall–Kier alpha value is -2.91. The first-order chi connectivity index (χ1) is 14.9. The van der Waals surface area contributed by atoms with E-state index in [1.54, 1.807) is 6.07 Å². The average Bonchev–Trinajstić information content (AvgIpc) is 3.32. The van der Waals surface area contributed by atoms with E-state index in [0.717, 1.165) is 18.4 Å². The summed E-state index contributed by atoms with van der Waals surface area (Å²) in [5, 5.41) is 2.88. The predicted molar refractivity (Wildman–Crippen MR) is 115 cm³/mol. The molecule has 1 saturated heterocycles. The van der Waals surface area contributed by atoms with Crippen molar-refractivity contribution in [1.82, 2.24) is 9.62 Å². The average molecular weight is 444 g/mol. The van der Waals surface area contributed by atoms with Gasteiger partial charge >= 0.3 is 0 Å². The molecule has 0 spiro atoms. The van der Waals surface area contributed by atoms with Crippen molar-refractivity contribution >= 4 is 27.5 Å². The molecule has 2 aromatic rings. The Morgan fingerprint density at radius 1 is 1.13 bits per heavy atom. The number of nitrogens with zero attached hydrogens (tertiary/aromatic N) is 2. The summed E-state index contributed by atoms with van der Waals surface area (Å²) in [6.07, 6.45) is 1.66. The van der Waals surface area contributed by atoms with Crippen LogP contribution in [0.1, 0.15) is 31.4 Å². The molecule has 9 heteroatoms. The molecule has 8 nitrogen and oxygen atoms in total. The fourth-order valence-electron chi connectivity index (χ4n) is 3.85. The number of amides is 2. The van der Waals surface area contributed by atoms with Crippen LogP contribution in [0.25, 0.3) is 0 Å². The highest BCUT2D eigenvalue weighted by atomic mass is 32.2. The summed E-state index contributed by atoms with van der Waals surface area (Å²) < 4.78 is 32.8. The van der Waals surface area contributed by atoms with Gasteiger partial charge in [-0.2, -0.15) is 4.31 Å². The lowest BCUT2D eigenvalue weighted by atomic mass is 10.1. The Morgan fingerprint density at radius 2 is 1.84 bits per heavy atom. The molecule has 1 N–H and O–H groups in total. The van der Waals surface area contributed by atoms with Crippen molar-refractivity contribution in [3.05, 3.63) is 54.1 Å². The number of hydrogen-bond donors (Lipinski definition) is 1. The second-order valence-electron chi connectivity index (χ2n) is 7.71. The fourth-order valence-corrected chi connectivity index (χ4v) is 5.39. The van der Waals surface area contributed by atoms with E-state index in [9.17, 15) is 18.0 Å². The number of rotatable bonds is 6. The van der Waals surface area contributed by atoms with Gasteiger partial charge in [-0.25, -0.2) is 8.42 Å². The summed E-state index contributed by atoms with van der Waals surface area (Å²) in [5.74, 6) is -0.361. The van der Waals surface area contributed by atoms with Crippen LogP contribution < -0.4 is 15.0 Å². The predicted octanol–water partition coefficient (Wildman–Crippen LogP) is 2.07. The monoisotopic (exact) mass is 443 g/mol. The molecule has 2 aromatic carbocycles. The van der Waals surface area contributed by atoms with Crippen molar-refractivity contribution in [2.75, 3.05) is 31.1 Å². The number of hydrogen-bond acceptors (Lipinski definition) is 5. The van der Waals surface area contributed by atoms with E-state index in [0.29, 0.717) is 24.5 Å². The molecule has 2 heterocycles. The van der Waals surface area contributed by atoms with Crippen LogP contribution >= 0.6 is 0 Å². The van der Waals surface area contributed by atoms with Gasteiger partial charge < -0.3 is 10.1 Å². The molecule has 164 valence electrons. The van der Waals surface area contributed by atoms with Crippen LogP contribution in [0.3, 0.4) is 0 Å². The lowest BCUT2D eigenvalue weighted by Crippen LogP contribution is -2.45. The van der Waals surface area contributed by atoms with Crippen LogP contribution in [-0.2, 0) is 19.6 Å². The first-order valence-electron chi connectivity index (χ1n) is 10.3. The molecule has 0 aromatic heterocycles. The van der Waals surface area contributed by atoms with Crippen molar-refractivity contribution in [1.29, 1.82) is 0 Å². The fraction of sp³-hybridized carbons (Fsp3) is 0.364. The smallest absolute Gasteiger partial charge is 0.265 e. The lowest BCUT2D eigenvalue weighted by molar-refractivity contribution is -0.125. The highest BCUT2D eigenvalue weighted by Gasteiger charge is 2.32. The van der Waals surface area contributed by atoms with Gasteiger partial charge in [0.1, 0.15) is 12.3 Å². The standard InChI is InChI=1S/C22H25N3O5S/c1-16(17-7-3-2-4-8-17)23-21(26)14-25-19-13-18(9-10-20(19)30-15-22(25)27)31(28,29)24-11-5-6-12-24/h2-4,7-10,13,16H,5-6,11-12,14-15H2,1H3,(H,23,26)/t16-/m1/s1. The molecular weight excluding hydrogens is 418 g/mol. The topological polar surface area (TPSA) is 96.0 Å². The number of anilines is 1. The van der Waals surface area contributed by atoms with Gasteiger partial charge in [-0.05, 0) is 43.5 Å². The van der Waals surface area contributed by atoms with E-state index in [1.807, 2.05) is 37.3 Å². The van der Waals surface area contributed by atoms with E-state index in [1.165, 1.54) is 21.3 Å². The third-order valence-corrected chi connectivity index (χ3v) is 7.45. The summed E-state index contributed by atoms with van der Waals surface area (Å²) in [5.41, 5.74) is 1.24. The van der Waals surface area contributed by atoms with Crippen molar-refractivity contribution in [2.24, 2.45) is 0 Å². The largest absolute Gasteiger partial charge is 0.482 e. The van der Waals surface area contributed by atoms with E-state index in [4.69, 9.17) is 4.74 Å². The number of carbonyl (C=O) groups excluding carboxylic acids is 2. The minimum atomic E-state index is -3.66. The SMILES string of the molecule is C[C@@H](NC(=O)CN1C(=O)COc2ccc(S(=O)(=O)N3CCCC3)cc21)c1ccccc1.